The molecule has 0 heterocycles. The minimum atomic E-state index is 0.0834. The van der Waals surface area contributed by atoms with Crippen molar-refractivity contribution in [1.82, 2.24) is 9.80 Å². The topological polar surface area (TPSA) is 32.8 Å². The molecule has 0 aromatic rings. The molecule has 0 atom stereocenters. The lowest BCUT2D eigenvalue weighted by molar-refractivity contribution is -0.136. The molecule has 0 aromatic heterocycles. The number of thiocarbonyl (C=S) groups is 1. The van der Waals surface area contributed by atoms with Crippen molar-refractivity contribution in [1.29, 1.82) is 0 Å². The average Bonchev–Trinajstić information content (AvgIpc) is 2.61. The monoisotopic (exact) mass is 340 g/mol. The van der Waals surface area contributed by atoms with Gasteiger partial charge in [-0.1, -0.05) is 50.7 Å². The zero-order valence-corrected chi connectivity index (χ0v) is 15.6. The van der Waals surface area contributed by atoms with Crippen LogP contribution in [0.3, 0.4) is 0 Å². The van der Waals surface area contributed by atoms with Gasteiger partial charge in [0.15, 0.2) is 0 Å². The van der Waals surface area contributed by atoms with Crippen LogP contribution in [0.5, 0.6) is 0 Å². The Hall–Kier alpha value is -0.680. The lowest BCUT2D eigenvalue weighted by Gasteiger charge is -2.33. The summed E-state index contributed by atoms with van der Waals surface area (Å²) in [6, 6.07) is 0.956. The molecule has 0 N–H and O–H groups in total. The summed E-state index contributed by atoms with van der Waals surface area (Å²) in [4.78, 5) is 17.1. The molecule has 4 nitrogen and oxygen atoms in total. The van der Waals surface area contributed by atoms with Gasteiger partial charge in [0.25, 0.3) is 0 Å². The van der Waals surface area contributed by atoms with E-state index < -0.39 is 0 Å². The summed E-state index contributed by atoms with van der Waals surface area (Å²) in [7, 11) is 3.98. The summed E-state index contributed by atoms with van der Waals surface area (Å²) in [6.45, 7) is 0.526. The van der Waals surface area contributed by atoms with Crippen LogP contribution in [-0.2, 0) is 9.53 Å². The Balaban J connectivity index is 1.66. The highest BCUT2D eigenvalue weighted by atomic mass is 32.1. The van der Waals surface area contributed by atoms with Crippen molar-refractivity contribution in [2.45, 2.75) is 76.3 Å². The summed E-state index contributed by atoms with van der Waals surface area (Å²) in [6.07, 6.45) is 12.4. The molecule has 0 aliphatic heterocycles. The molecule has 0 bridgehead atoms. The van der Waals surface area contributed by atoms with E-state index in [-0.39, 0.29) is 12.5 Å². The second-order valence-corrected chi connectivity index (χ2v) is 7.56. The first-order chi connectivity index (χ1) is 11.1. The van der Waals surface area contributed by atoms with Gasteiger partial charge in [-0.3, -0.25) is 4.79 Å². The van der Waals surface area contributed by atoms with Gasteiger partial charge in [-0.2, -0.15) is 0 Å². The number of rotatable bonds is 6. The van der Waals surface area contributed by atoms with E-state index >= 15 is 0 Å². The van der Waals surface area contributed by atoms with Gasteiger partial charge < -0.3 is 14.5 Å². The third-order valence-electron chi connectivity index (χ3n) is 5.48. The van der Waals surface area contributed by atoms with Crippen molar-refractivity contribution in [3.8, 4) is 0 Å². The van der Waals surface area contributed by atoms with E-state index in [1.807, 2.05) is 11.9 Å². The molecule has 1 amide bonds. The van der Waals surface area contributed by atoms with E-state index in [2.05, 4.69) is 11.9 Å². The van der Waals surface area contributed by atoms with Crippen LogP contribution in [0.2, 0.25) is 0 Å². The van der Waals surface area contributed by atoms with Gasteiger partial charge in [-0.25, -0.2) is 0 Å². The van der Waals surface area contributed by atoms with Crippen molar-refractivity contribution in [2.75, 3.05) is 27.3 Å². The van der Waals surface area contributed by atoms with Crippen LogP contribution in [0.4, 0.5) is 0 Å². The van der Waals surface area contributed by atoms with Crippen LogP contribution < -0.4 is 0 Å². The SMILES string of the molecule is CN(C(=O)COCC(=S)N(C)C1CCCCC1)C1CCCCC1. The average molecular weight is 341 g/mol. The highest BCUT2D eigenvalue weighted by Gasteiger charge is 2.23. The molecule has 0 aromatic carbocycles. The molecule has 23 heavy (non-hydrogen) atoms. The molecule has 0 spiro atoms. The summed E-state index contributed by atoms with van der Waals surface area (Å²) < 4.78 is 5.61. The van der Waals surface area contributed by atoms with Crippen molar-refractivity contribution >= 4 is 23.1 Å². The van der Waals surface area contributed by atoms with Crippen molar-refractivity contribution in [3.05, 3.63) is 0 Å². The molecule has 2 fully saturated rings. The lowest BCUT2D eigenvalue weighted by Crippen LogP contribution is -2.42. The van der Waals surface area contributed by atoms with Gasteiger partial charge in [-0.15, -0.1) is 0 Å². The zero-order valence-electron chi connectivity index (χ0n) is 14.8. The predicted octanol–water partition coefficient (Wildman–Crippen LogP) is 3.39. The van der Waals surface area contributed by atoms with E-state index in [0.717, 1.165) is 17.8 Å². The second kappa shape index (κ2) is 9.58. The Morgan fingerprint density at radius 3 is 1.87 bits per heavy atom. The van der Waals surface area contributed by atoms with E-state index in [4.69, 9.17) is 17.0 Å². The third-order valence-corrected chi connectivity index (χ3v) is 5.89. The van der Waals surface area contributed by atoms with Crippen LogP contribution >= 0.6 is 12.2 Å². The van der Waals surface area contributed by atoms with E-state index in [1.165, 1.54) is 51.4 Å². The maximum absolute atomic E-state index is 12.2. The highest BCUT2D eigenvalue weighted by molar-refractivity contribution is 7.80. The largest absolute Gasteiger partial charge is 0.365 e. The van der Waals surface area contributed by atoms with Gasteiger partial charge in [0.2, 0.25) is 5.91 Å². The van der Waals surface area contributed by atoms with Crippen molar-refractivity contribution in [3.63, 3.8) is 0 Å². The fourth-order valence-electron chi connectivity index (χ4n) is 3.77. The van der Waals surface area contributed by atoms with Gasteiger partial charge in [0, 0.05) is 26.2 Å². The molecule has 132 valence electrons. The smallest absolute Gasteiger partial charge is 0.248 e. The predicted molar refractivity (Wildman–Crippen MR) is 97.7 cm³/mol. The number of hydrogen-bond donors (Lipinski definition) is 0. The number of carbonyl (C=O) groups is 1. The van der Waals surface area contributed by atoms with E-state index in [0.29, 0.717) is 18.7 Å². The quantitative estimate of drug-likeness (QED) is 0.694. The van der Waals surface area contributed by atoms with Crippen LogP contribution in [0, 0.1) is 0 Å². The fraction of sp³-hybridized carbons (Fsp3) is 0.889. The number of hydrogen-bond acceptors (Lipinski definition) is 3. The molecule has 2 saturated carbocycles. The normalized spacial score (nSPS) is 20.3. The van der Waals surface area contributed by atoms with Gasteiger partial charge in [-0.05, 0) is 25.7 Å². The number of amides is 1. The first kappa shape index (κ1) is 18.7. The Bertz CT molecular complexity index is 354. The molecule has 0 unspecified atom stereocenters. The van der Waals surface area contributed by atoms with E-state index in [9.17, 15) is 4.79 Å². The summed E-state index contributed by atoms with van der Waals surface area (Å²) in [5, 5.41) is 0. The fourth-order valence-corrected chi connectivity index (χ4v) is 4.01. The standard InChI is InChI=1S/C18H32N2O2S/c1-19(15-9-5-3-6-10-15)17(21)13-22-14-18(23)20(2)16-11-7-4-8-12-16/h15-16H,3-14H2,1-2H3. The Morgan fingerprint density at radius 2 is 1.35 bits per heavy atom. The highest BCUT2D eigenvalue weighted by Crippen LogP contribution is 2.22. The van der Waals surface area contributed by atoms with Crippen LogP contribution in [0.25, 0.3) is 0 Å². The number of ether oxygens (including phenoxy) is 1. The third kappa shape index (κ3) is 5.71. The van der Waals surface area contributed by atoms with E-state index in [1.54, 1.807) is 0 Å². The van der Waals surface area contributed by atoms with Crippen molar-refractivity contribution < 1.29 is 9.53 Å². The number of nitrogens with zero attached hydrogens (tertiary/aromatic N) is 2. The summed E-state index contributed by atoms with van der Waals surface area (Å²) >= 11 is 5.48. The molecule has 0 saturated heterocycles. The first-order valence-electron chi connectivity index (χ1n) is 9.18. The zero-order chi connectivity index (χ0) is 16.7. The van der Waals surface area contributed by atoms with Crippen molar-refractivity contribution in [2.24, 2.45) is 0 Å². The van der Waals surface area contributed by atoms with Gasteiger partial charge >= 0.3 is 0 Å². The van der Waals surface area contributed by atoms with Gasteiger partial charge in [0.1, 0.15) is 11.6 Å². The maximum Gasteiger partial charge on any atom is 0.248 e. The Labute approximate surface area is 146 Å². The Kier molecular flexibility index (Phi) is 7.77. The number of carbonyl (C=O) groups excluding carboxylic acids is 1. The lowest BCUT2D eigenvalue weighted by atomic mass is 9.94. The molecular weight excluding hydrogens is 308 g/mol. The Morgan fingerprint density at radius 1 is 0.870 bits per heavy atom. The van der Waals surface area contributed by atoms with Crippen LogP contribution in [0.1, 0.15) is 64.2 Å². The van der Waals surface area contributed by atoms with Crippen LogP contribution in [-0.4, -0.2) is 60.1 Å². The molecule has 0 radical (unpaired) electrons. The summed E-state index contributed by atoms with van der Waals surface area (Å²) in [5.41, 5.74) is 0. The minimum absolute atomic E-state index is 0.0834. The minimum Gasteiger partial charge on any atom is -0.365 e. The summed E-state index contributed by atoms with van der Waals surface area (Å²) in [5.74, 6) is 0.0834. The molecule has 2 aliphatic carbocycles. The van der Waals surface area contributed by atoms with Gasteiger partial charge in [0.05, 0.1) is 6.61 Å². The maximum atomic E-state index is 12.2. The number of likely N-dealkylation sites (N-methyl/N-ethyl adjacent to an activating group) is 2. The molecule has 2 aliphatic rings. The van der Waals surface area contributed by atoms with Crippen LogP contribution in [0.15, 0.2) is 0 Å². The first-order valence-corrected chi connectivity index (χ1v) is 9.59. The second-order valence-electron chi connectivity index (χ2n) is 7.09. The molecular formula is C18H32N2O2S. The molecule has 2 rings (SSSR count). The molecule has 5 heteroatoms.